The minimum absolute atomic E-state index is 0.148. The van der Waals surface area contributed by atoms with Crippen molar-refractivity contribution in [3.63, 3.8) is 0 Å². The first-order chi connectivity index (χ1) is 8.22. The lowest BCUT2D eigenvalue weighted by Gasteiger charge is -2.05. The maximum Gasteiger partial charge on any atom is 0.154 e. The van der Waals surface area contributed by atoms with Gasteiger partial charge in [0.05, 0.1) is 12.8 Å². The number of rotatable bonds is 3. The topological polar surface area (TPSA) is 55.2 Å². The molecule has 0 aliphatic carbocycles. The van der Waals surface area contributed by atoms with Gasteiger partial charge in [-0.3, -0.25) is 0 Å². The second-order valence-electron chi connectivity index (χ2n) is 3.70. The van der Waals surface area contributed by atoms with Crippen molar-refractivity contribution in [3.05, 3.63) is 41.9 Å². The summed E-state index contributed by atoms with van der Waals surface area (Å²) < 4.78 is 5.10. The number of aliphatic hydroxyl groups is 1. The Morgan fingerprint density at radius 2 is 1.88 bits per heavy atom. The average molecular weight is 230 g/mol. The van der Waals surface area contributed by atoms with Gasteiger partial charge < -0.3 is 9.84 Å². The van der Waals surface area contributed by atoms with E-state index in [0.29, 0.717) is 5.82 Å². The van der Waals surface area contributed by atoms with Gasteiger partial charge in [0, 0.05) is 11.3 Å². The summed E-state index contributed by atoms with van der Waals surface area (Å²) in [5, 5.41) is 9.07. The SMILES string of the molecule is COc1ccc(-c2cc(C)nc(CO)n2)cc1. The highest BCUT2D eigenvalue weighted by molar-refractivity contribution is 5.60. The Hall–Kier alpha value is -1.94. The molecular weight excluding hydrogens is 216 g/mol. The van der Waals surface area contributed by atoms with Crippen LogP contribution in [-0.2, 0) is 6.61 Å². The van der Waals surface area contributed by atoms with Crippen LogP contribution in [0.5, 0.6) is 5.75 Å². The first-order valence-electron chi connectivity index (χ1n) is 5.33. The van der Waals surface area contributed by atoms with E-state index < -0.39 is 0 Å². The molecule has 1 aromatic carbocycles. The lowest BCUT2D eigenvalue weighted by molar-refractivity contribution is 0.271. The molecule has 0 amide bonds. The molecule has 0 saturated heterocycles. The fourth-order valence-electron chi connectivity index (χ4n) is 1.61. The van der Waals surface area contributed by atoms with Crippen molar-refractivity contribution in [1.29, 1.82) is 0 Å². The van der Waals surface area contributed by atoms with Gasteiger partial charge >= 0.3 is 0 Å². The summed E-state index contributed by atoms with van der Waals surface area (Å²) in [4.78, 5) is 8.40. The van der Waals surface area contributed by atoms with Crippen molar-refractivity contribution in [1.82, 2.24) is 9.97 Å². The highest BCUT2D eigenvalue weighted by Gasteiger charge is 2.04. The molecule has 0 saturated carbocycles. The third-order valence-electron chi connectivity index (χ3n) is 2.43. The normalized spacial score (nSPS) is 10.3. The lowest BCUT2D eigenvalue weighted by atomic mass is 10.1. The second-order valence-corrected chi connectivity index (χ2v) is 3.70. The Morgan fingerprint density at radius 3 is 2.47 bits per heavy atom. The maximum atomic E-state index is 9.07. The van der Waals surface area contributed by atoms with Crippen LogP contribution in [0.1, 0.15) is 11.5 Å². The van der Waals surface area contributed by atoms with E-state index in [1.165, 1.54) is 0 Å². The number of benzene rings is 1. The zero-order valence-electron chi connectivity index (χ0n) is 9.84. The predicted molar refractivity (Wildman–Crippen MR) is 64.7 cm³/mol. The summed E-state index contributed by atoms with van der Waals surface area (Å²) in [7, 11) is 1.63. The molecule has 0 fully saturated rings. The minimum Gasteiger partial charge on any atom is -0.497 e. The van der Waals surface area contributed by atoms with Crippen LogP contribution in [0, 0.1) is 6.92 Å². The standard InChI is InChI=1S/C13H14N2O2/c1-9-7-12(15-13(8-16)14-9)10-3-5-11(17-2)6-4-10/h3-7,16H,8H2,1-2H3. The van der Waals surface area contributed by atoms with E-state index in [0.717, 1.165) is 22.7 Å². The summed E-state index contributed by atoms with van der Waals surface area (Å²) in [6.45, 7) is 1.73. The van der Waals surface area contributed by atoms with Crippen molar-refractivity contribution in [2.24, 2.45) is 0 Å². The quantitative estimate of drug-likeness (QED) is 0.875. The van der Waals surface area contributed by atoms with Crippen LogP contribution in [0.2, 0.25) is 0 Å². The Balaban J connectivity index is 2.41. The van der Waals surface area contributed by atoms with Crippen molar-refractivity contribution in [2.75, 3.05) is 7.11 Å². The van der Waals surface area contributed by atoms with Gasteiger partial charge in [-0.1, -0.05) is 0 Å². The van der Waals surface area contributed by atoms with Crippen molar-refractivity contribution < 1.29 is 9.84 Å². The van der Waals surface area contributed by atoms with Crippen molar-refractivity contribution in [3.8, 4) is 17.0 Å². The second kappa shape index (κ2) is 4.93. The van der Waals surface area contributed by atoms with E-state index in [9.17, 15) is 0 Å². The molecule has 1 heterocycles. The third kappa shape index (κ3) is 2.60. The molecule has 2 rings (SSSR count). The lowest BCUT2D eigenvalue weighted by Crippen LogP contribution is -1.98. The van der Waals surface area contributed by atoms with E-state index in [4.69, 9.17) is 9.84 Å². The summed E-state index contributed by atoms with van der Waals surface area (Å²) in [5.74, 6) is 1.25. The van der Waals surface area contributed by atoms with Gasteiger partial charge in [0.2, 0.25) is 0 Å². The largest absolute Gasteiger partial charge is 0.497 e. The third-order valence-corrected chi connectivity index (χ3v) is 2.43. The average Bonchev–Trinajstić information content (AvgIpc) is 2.38. The van der Waals surface area contributed by atoms with Crippen LogP contribution >= 0.6 is 0 Å². The Bertz CT molecular complexity index is 509. The smallest absolute Gasteiger partial charge is 0.154 e. The van der Waals surface area contributed by atoms with E-state index in [-0.39, 0.29) is 6.61 Å². The molecule has 4 nitrogen and oxygen atoms in total. The van der Waals surface area contributed by atoms with Crippen LogP contribution in [0.4, 0.5) is 0 Å². The highest BCUT2D eigenvalue weighted by Crippen LogP contribution is 2.21. The minimum atomic E-state index is -0.148. The number of aliphatic hydroxyl groups excluding tert-OH is 1. The summed E-state index contributed by atoms with van der Waals surface area (Å²) in [6, 6.07) is 9.52. The summed E-state index contributed by atoms with van der Waals surface area (Å²) in [5.41, 5.74) is 2.63. The molecule has 88 valence electrons. The fraction of sp³-hybridized carbons (Fsp3) is 0.231. The molecule has 1 aromatic heterocycles. The number of aryl methyl sites for hydroxylation is 1. The van der Waals surface area contributed by atoms with Crippen molar-refractivity contribution in [2.45, 2.75) is 13.5 Å². The maximum absolute atomic E-state index is 9.07. The summed E-state index contributed by atoms with van der Waals surface area (Å²) >= 11 is 0. The monoisotopic (exact) mass is 230 g/mol. The van der Waals surface area contributed by atoms with E-state index >= 15 is 0 Å². The van der Waals surface area contributed by atoms with Gasteiger partial charge in [0.15, 0.2) is 5.82 Å². The number of hydrogen-bond acceptors (Lipinski definition) is 4. The molecule has 0 aliphatic rings. The van der Waals surface area contributed by atoms with Gasteiger partial charge in [-0.05, 0) is 37.3 Å². The van der Waals surface area contributed by atoms with E-state index in [1.54, 1.807) is 7.11 Å². The molecule has 17 heavy (non-hydrogen) atoms. The Kier molecular flexibility index (Phi) is 3.35. The van der Waals surface area contributed by atoms with Crippen LogP contribution in [-0.4, -0.2) is 22.2 Å². The van der Waals surface area contributed by atoms with Gasteiger partial charge in [0.25, 0.3) is 0 Å². The van der Waals surface area contributed by atoms with E-state index in [2.05, 4.69) is 9.97 Å². The zero-order chi connectivity index (χ0) is 12.3. The number of ether oxygens (including phenoxy) is 1. The van der Waals surface area contributed by atoms with E-state index in [1.807, 2.05) is 37.3 Å². The first kappa shape index (κ1) is 11.5. The Labute approximate surface area is 99.9 Å². The number of hydrogen-bond donors (Lipinski definition) is 1. The fourth-order valence-corrected chi connectivity index (χ4v) is 1.61. The molecule has 1 N–H and O–H groups in total. The number of aromatic nitrogens is 2. The van der Waals surface area contributed by atoms with Gasteiger partial charge in [-0.15, -0.1) is 0 Å². The molecule has 4 heteroatoms. The molecule has 0 unspecified atom stereocenters. The zero-order valence-corrected chi connectivity index (χ0v) is 9.84. The Morgan fingerprint density at radius 1 is 1.18 bits per heavy atom. The molecule has 0 radical (unpaired) electrons. The van der Waals surface area contributed by atoms with Gasteiger partial charge in [-0.25, -0.2) is 9.97 Å². The van der Waals surface area contributed by atoms with Crippen LogP contribution in [0.3, 0.4) is 0 Å². The molecular formula is C13H14N2O2. The number of nitrogens with zero attached hydrogens (tertiary/aromatic N) is 2. The highest BCUT2D eigenvalue weighted by atomic mass is 16.5. The molecule has 0 bridgehead atoms. The predicted octanol–water partition coefficient (Wildman–Crippen LogP) is 1.95. The molecule has 0 aliphatic heterocycles. The summed E-state index contributed by atoms with van der Waals surface area (Å²) in [6.07, 6.45) is 0. The van der Waals surface area contributed by atoms with Crippen LogP contribution in [0.15, 0.2) is 30.3 Å². The van der Waals surface area contributed by atoms with Crippen LogP contribution in [0.25, 0.3) is 11.3 Å². The van der Waals surface area contributed by atoms with Gasteiger partial charge in [-0.2, -0.15) is 0 Å². The number of methoxy groups -OCH3 is 1. The molecule has 2 aromatic rings. The van der Waals surface area contributed by atoms with Crippen LogP contribution < -0.4 is 4.74 Å². The molecule has 0 atom stereocenters. The molecule has 0 spiro atoms. The van der Waals surface area contributed by atoms with Gasteiger partial charge in [0.1, 0.15) is 12.4 Å². The first-order valence-corrected chi connectivity index (χ1v) is 5.33. The van der Waals surface area contributed by atoms with Crippen molar-refractivity contribution >= 4 is 0 Å².